The predicted octanol–water partition coefficient (Wildman–Crippen LogP) is 3.76. The molecular formula is C22H20FN3O4. The molecule has 0 spiro atoms. The molecule has 0 unspecified atom stereocenters. The molecule has 30 heavy (non-hydrogen) atoms. The molecule has 1 heterocycles. The van der Waals surface area contributed by atoms with Crippen molar-refractivity contribution in [3.8, 4) is 5.69 Å². The van der Waals surface area contributed by atoms with Gasteiger partial charge in [-0.1, -0.05) is 12.1 Å². The molecule has 8 heteroatoms. The van der Waals surface area contributed by atoms with Gasteiger partial charge in [-0.25, -0.2) is 14.0 Å². The number of ketones is 1. The number of carbonyl (C=O) groups is 3. The third kappa shape index (κ3) is 4.38. The van der Waals surface area contributed by atoms with E-state index in [1.165, 1.54) is 30.3 Å². The van der Waals surface area contributed by atoms with Crippen LogP contribution in [0.2, 0.25) is 0 Å². The highest BCUT2D eigenvalue weighted by Gasteiger charge is 2.20. The van der Waals surface area contributed by atoms with Crippen LogP contribution in [0.4, 0.5) is 14.9 Å². The number of nitrogens with zero attached hydrogens (tertiary/aromatic N) is 1. The number of hydrogen-bond acceptors (Lipinski definition) is 4. The number of benzene rings is 2. The first-order chi connectivity index (χ1) is 14.3. The standard InChI is InChI=1S/C22H20FN3O4/c1-13-11-17(14(2)26(13)19-6-4-3-5-18(19)23)20(27)12-30-21(28)15-7-9-16(10-8-15)25-22(24)29/h3-11H,12H2,1-2H3,(H3,24,25,29). The van der Waals surface area contributed by atoms with Crippen molar-refractivity contribution in [1.82, 2.24) is 4.57 Å². The molecule has 0 aliphatic heterocycles. The number of rotatable bonds is 6. The summed E-state index contributed by atoms with van der Waals surface area (Å²) in [5.74, 6) is -1.48. The zero-order chi connectivity index (χ0) is 21.8. The molecular weight excluding hydrogens is 389 g/mol. The molecule has 0 aliphatic carbocycles. The molecule has 3 N–H and O–H groups in total. The first kappa shape index (κ1) is 20.8. The van der Waals surface area contributed by atoms with Gasteiger partial charge in [-0.15, -0.1) is 0 Å². The first-order valence-electron chi connectivity index (χ1n) is 9.08. The number of carbonyl (C=O) groups excluding carboxylic acids is 3. The summed E-state index contributed by atoms with van der Waals surface area (Å²) in [6.45, 7) is 3.02. The number of hydrogen-bond donors (Lipinski definition) is 2. The lowest BCUT2D eigenvalue weighted by molar-refractivity contribution is 0.0474. The lowest BCUT2D eigenvalue weighted by Crippen LogP contribution is -2.19. The number of Topliss-reactive ketones (excluding diaryl/α,β-unsaturated/α-hetero) is 1. The quantitative estimate of drug-likeness (QED) is 0.478. The van der Waals surface area contributed by atoms with Crippen LogP contribution in [0, 0.1) is 19.7 Å². The lowest BCUT2D eigenvalue weighted by Gasteiger charge is -2.11. The van der Waals surface area contributed by atoms with E-state index < -0.39 is 30.2 Å². The monoisotopic (exact) mass is 409 g/mol. The van der Waals surface area contributed by atoms with Crippen molar-refractivity contribution in [2.75, 3.05) is 11.9 Å². The fourth-order valence-electron chi connectivity index (χ4n) is 3.17. The smallest absolute Gasteiger partial charge is 0.338 e. The van der Waals surface area contributed by atoms with Crippen LogP contribution in [0.3, 0.4) is 0 Å². The fraction of sp³-hybridized carbons (Fsp3) is 0.136. The molecule has 0 radical (unpaired) electrons. The predicted molar refractivity (Wildman–Crippen MR) is 109 cm³/mol. The maximum atomic E-state index is 14.2. The molecule has 0 atom stereocenters. The van der Waals surface area contributed by atoms with Crippen molar-refractivity contribution in [2.24, 2.45) is 5.73 Å². The van der Waals surface area contributed by atoms with E-state index in [9.17, 15) is 18.8 Å². The second kappa shape index (κ2) is 8.60. The van der Waals surface area contributed by atoms with Crippen LogP contribution in [0.5, 0.6) is 0 Å². The number of esters is 1. The van der Waals surface area contributed by atoms with E-state index in [0.717, 1.165) is 0 Å². The maximum Gasteiger partial charge on any atom is 0.338 e. The minimum atomic E-state index is -0.719. The third-order valence-electron chi connectivity index (χ3n) is 4.55. The van der Waals surface area contributed by atoms with Crippen LogP contribution in [0.1, 0.15) is 32.1 Å². The van der Waals surface area contributed by atoms with E-state index in [1.807, 2.05) is 0 Å². The number of para-hydroxylation sites is 1. The van der Waals surface area contributed by atoms with Crippen molar-refractivity contribution < 1.29 is 23.5 Å². The Morgan fingerprint density at radius 1 is 1.07 bits per heavy atom. The minimum Gasteiger partial charge on any atom is -0.454 e. The normalized spacial score (nSPS) is 10.5. The molecule has 0 saturated carbocycles. The molecule has 1 aromatic heterocycles. The highest BCUT2D eigenvalue weighted by molar-refractivity contribution is 6.00. The Morgan fingerprint density at radius 3 is 2.37 bits per heavy atom. The average Bonchev–Trinajstić information content (AvgIpc) is 3.00. The number of aromatic nitrogens is 1. The van der Waals surface area contributed by atoms with Crippen molar-refractivity contribution in [2.45, 2.75) is 13.8 Å². The number of urea groups is 1. The second-order valence-electron chi connectivity index (χ2n) is 6.64. The summed E-state index contributed by atoms with van der Waals surface area (Å²) < 4.78 is 20.9. The summed E-state index contributed by atoms with van der Waals surface area (Å²) in [7, 11) is 0. The highest BCUT2D eigenvalue weighted by Crippen LogP contribution is 2.23. The lowest BCUT2D eigenvalue weighted by atomic mass is 10.1. The first-order valence-corrected chi connectivity index (χ1v) is 9.08. The maximum absolute atomic E-state index is 14.2. The summed E-state index contributed by atoms with van der Waals surface area (Å²) in [5, 5.41) is 2.38. The zero-order valence-corrected chi connectivity index (χ0v) is 16.4. The second-order valence-corrected chi connectivity index (χ2v) is 6.64. The minimum absolute atomic E-state index is 0.217. The fourth-order valence-corrected chi connectivity index (χ4v) is 3.17. The summed E-state index contributed by atoms with van der Waals surface area (Å²) in [6, 6.07) is 13.1. The van der Waals surface area contributed by atoms with Crippen LogP contribution in [0.25, 0.3) is 5.69 Å². The number of aryl methyl sites for hydroxylation is 1. The number of ether oxygens (including phenoxy) is 1. The molecule has 0 saturated heterocycles. The Labute approximate surface area is 172 Å². The molecule has 0 aliphatic rings. The molecule has 0 bridgehead atoms. The van der Waals surface area contributed by atoms with Crippen molar-refractivity contribution in [1.29, 1.82) is 0 Å². The van der Waals surface area contributed by atoms with Gasteiger partial charge in [0.2, 0.25) is 5.78 Å². The number of anilines is 1. The molecule has 7 nitrogen and oxygen atoms in total. The zero-order valence-electron chi connectivity index (χ0n) is 16.4. The van der Waals surface area contributed by atoms with Gasteiger partial charge in [-0.2, -0.15) is 0 Å². The number of primary amides is 1. The Kier molecular flexibility index (Phi) is 5.96. The van der Waals surface area contributed by atoms with Crippen molar-refractivity contribution in [3.05, 3.63) is 82.9 Å². The SMILES string of the molecule is Cc1cc(C(=O)COC(=O)c2ccc(NC(N)=O)cc2)c(C)n1-c1ccccc1F. The summed E-state index contributed by atoms with van der Waals surface area (Å²) in [4.78, 5) is 35.6. The number of halogens is 1. The average molecular weight is 409 g/mol. The van der Waals surface area contributed by atoms with E-state index in [0.29, 0.717) is 28.3 Å². The van der Waals surface area contributed by atoms with Crippen molar-refractivity contribution in [3.63, 3.8) is 0 Å². The topological polar surface area (TPSA) is 103 Å². The number of nitrogens with one attached hydrogen (secondary N) is 1. The van der Waals surface area contributed by atoms with Gasteiger partial charge >= 0.3 is 12.0 Å². The van der Waals surface area contributed by atoms with Gasteiger partial charge < -0.3 is 20.4 Å². The van der Waals surface area contributed by atoms with Crippen LogP contribution in [0.15, 0.2) is 54.6 Å². The van der Waals surface area contributed by atoms with Gasteiger partial charge in [0.05, 0.1) is 11.3 Å². The van der Waals surface area contributed by atoms with E-state index in [1.54, 1.807) is 42.7 Å². The Balaban J connectivity index is 1.71. The van der Waals surface area contributed by atoms with E-state index >= 15 is 0 Å². The third-order valence-corrected chi connectivity index (χ3v) is 4.55. The summed E-state index contributed by atoms with van der Waals surface area (Å²) in [6.07, 6.45) is 0. The molecule has 3 aromatic rings. The van der Waals surface area contributed by atoms with Crippen LogP contribution in [-0.2, 0) is 4.74 Å². The number of amides is 2. The van der Waals surface area contributed by atoms with Gasteiger partial charge in [-0.3, -0.25) is 4.79 Å². The summed E-state index contributed by atoms with van der Waals surface area (Å²) >= 11 is 0. The molecule has 154 valence electrons. The molecule has 3 rings (SSSR count). The van der Waals surface area contributed by atoms with Gasteiger partial charge in [0.15, 0.2) is 6.61 Å². The van der Waals surface area contributed by atoms with E-state index in [4.69, 9.17) is 10.5 Å². The van der Waals surface area contributed by atoms with Gasteiger partial charge in [-0.05, 0) is 56.3 Å². The van der Waals surface area contributed by atoms with Crippen LogP contribution >= 0.6 is 0 Å². The van der Waals surface area contributed by atoms with Gasteiger partial charge in [0.1, 0.15) is 5.82 Å². The molecule has 2 aromatic carbocycles. The van der Waals surface area contributed by atoms with Crippen molar-refractivity contribution >= 4 is 23.5 Å². The van der Waals surface area contributed by atoms with E-state index in [-0.39, 0.29) is 5.56 Å². The largest absolute Gasteiger partial charge is 0.454 e. The number of nitrogens with two attached hydrogens (primary N) is 1. The molecule has 0 fully saturated rings. The van der Waals surface area contributed by atoms with E-state index in [2.05, 4.69) is 5.32 Å². The molecule has 2 amide bonds. The Bertz CT molecular complexity index is 1120. The van der Waals surface area contributed by atoms with Crippen LogP contribution in [-0.4, -0.2) is 29.0 Å². The van der Waals surface area contributed by atoms with Gasteiger partial charge in [0.25, 0.3) is 0 Å². The Morgan fingerprint density at radius 2 is 1.73 bits per heavy atom. The summed E-state index contributed by atoms with van der Waals surface area (Å²) in [5.41, 5.74) is 7.60. The van der Waals surface area contributed by atoms with Crippen LogP contribution < -0.4 is 11.1 Å². The van der Waals surface area contributed by atoms with Gasteiger partial charge in [0, 0.05) is 22.6 Å². The highest BCUT2D eigenvalue weighted by atomic mass is 19.1. The Hall–Kier alpha value is -3.94.